The van der Waals surface area contributed by atoms with Crippen molar-refractivity contribution in [2.75, 3.05) is 6.54 Å². The van der Waals surface area contributed by atoms with E-state index < -0.39 is 0 Å². The topological polar surface area (TPSA) is 41.1 Å². The molecule has 1 unspecified atom stereocenters. The predicted molar refractivity (Wildman–Crippen MR) is 53.4 cm³/mol. The summed E-state index contributed by atoms with van der Waals surface area (Å²) in [6, 6.07) is 0.293. The second-order valence-corrected chi connectivity index (χ2v) is 4.21. The third kappa shape index (κ3) is 3.19. The van der Waals surface area contributed by atoms with E-state index >= 15 is 0 Å². The molecule has 0 spiro atoms. The molecule has 1 heterocycles. The summed E-state index contributed by atoms with van der Waals surface area (Å²) in [7, 11) is 0. The Morgan fingerprint density at radius 1 is 1.69 bits per heavy atom. The molecule has 0 saturated carbocycles. The Bertz CT molecular complexity index is 211. The van der Waals surface area contributed by atoms with Gasteiger partial charge in [0.25, 0.3) is 0 Å². The molecule has 1 saturated heterocycles. The lowest BCUT2D eigenvalue weighted by atomic mass is 9.89. The van der Waals surface area contributed by atoms with Gasteiger partial charge in [0.1, 0.15) is 0 Å². The zero-order valence-corrected chi connectivity index (χ0v) is 8.39. The molecule has 1 fully saturated rings. The number of hydrogen-bond donors (Lipinski definition) is 2. The standard InChI is InChI=1S/C10H18N2O/c1-4-9(13)12-8-5-6-11-10(2,3)7-8/h4,8,11H,1,5-7H2,2-3H3,(H,12,13). The fourth-order valence-corrected chi connectivity index (χ4v) is 1.76. The molecule has 3 nitrogen and oxygen atoms in total. The van der Waals surface area contributed by atoms with Crippen LogP contribution in [0.3, 0.4) is 0 Å². The minimum absolute atomic E-state index is 0.0669. The third-order valence-electron chi connectivity index (χ3n) is 2.38. The van der Waals surface area contributed by atoms with Crippen molar-refractivity contribution in [3.05, 3.63) is 12.7 Å². The van der Waals surface area contributed by atoms with E-state index in [9.17, 15) is 4.79 Å². The van der Waals surface area contributed by atoms with E-state index in [0.717, 1.165) is 19.4 Å². The highest BCUT2D eigenvalue weighted by Crippen LogP contribution is 2.17. The van der Waals surface area contributed by atoms with E-state index in [4.69, 9.17) is 0 Å². The molecule has 0 aromatic heterocycles. The predicted octanol–water partition coefficient (Wildman–Crippen LogP) is 0.819. The van der Waals surface area contributed by atoms with Crippen LogP contribution in [-0.4, -0.2) is 24.0 Å². The van der Waals surface area contributed by atoms with Gasteiger partial charge in [-0.1, -0.05) is 6.58 Å². The Balaban J connectivity index is 2.43. The summed E-state index contributed by atoms with van der Waals surface area (Å²) >= 11 is 0. The maximum atomic E-state index is 11.0. The van der Waals surface area contributed by atoms with Crippen LogP contribution in [0, 0.1) is 0 Å². The van der Waals surface area contributed by atoms with E-state index in [-0.39, 0.29) is 11.4 Å². The summed E-state index contributed by atoms with van der Waals surface area (Å²) in [6.45, 7) is 8.71. The molecule has 0 bridgehead atoms. The Morgan fingerprint density at radius 2 is 2.38 bits per heavy atom. The van der Waals surface area contributed by atoms with Crippen LogP contribution >= 0.6 is 0 Å². The van der Waals surface area contributed by atoms with Gasteiger partial charge in [0.05, 0.1) is 0 Å². The van der Waals surface area contributed by atoms with Gasteiger partial charge >= 0.3 is 0 Å². The molecule has 13 heavy (non-hydrogen) atoms. The fraction of sp³-hybridized carbons (Fsp3) is 0.700. The van der Waals surface area contributed by atoms with Crippen molar-refractivity contribution in [1.82, 2.24) is 10.6 Å². The Morgan fingerprint density at radius 3 is 2.92 bits per heavy atom. The summed E-state index contributed by atoms with van der Waals surface area (Å²) in [5, 5.41) is 6.33. The van der Waals surface area contributed by atoms with E-state index in [2.05, 4.69) is 31.1 Å². The van der Waals surface area contributed by atoms with Crippen molar-refractivity contribution < 1.29 is 4.79 Å². The van der Waals surface area contributed by atoms with Gasteiger partial charge in [-0.3, -0.25) is 4.79 Å². The first kappa shape index (κ1) is 10.3. The molecule has 1 amide bonds. The molecule has 74 valence electrons. The largest absolute Gasteiger partial charge is 0.350 e. The maximum absolute atomic E-state index is 11.0. The molecule has 1 aliphatic rings. The van der Waals surface area contributed by atoms with Crippen molar-refractivity contribution in [2.45, 2.75) is 38.3 Å². The van der Waals surface area contributed by atoms with Gasteiger partial charge in [-0.2, -0.15) is 0 Å². The van der Waals surface area contributed by atoms with Crippen molar-refractivity contribution in [3.63, 3.8) is 0 Å². The van der Waals surface area contributed by atoms with Gasteiger partial charge < -0.3 is 10.6 Å². The third-order valence-corrected chi connectivity index (χ3v) is 2.38. The average Bonchev–Trinajstić information content (AvgIpc) is 2.02. The number of amides is 1. The maximum Gasteiger partial charge on any atom is 0.243 e. The van der Waals surface area contributed by atoms with Crippen LogP contribution in [0.5, 0.6) is 0 Å². The molecule has 2 N–H and O–H groups in total. The lowest BCUT2D eigenvalue weighted by Crippen LogP contribution is -2.52. The summed E-state index contributed by atoms with van der Waals surface area (Å²) in [5.74, 6) is -0.0669. The van der Waals surface area contributed by atoms with E-state index in [1.807, 2.05) is 0 Å². The molecule has 1 aliphatic heterocycles. The molecule has 0 aromatic rings. The van der Waals surface area contributed by atoms with Gasteiger partial charge in [0.15, 0.2) is 0 Å². The highest BCUT2D eigenvalue weighted by Gasteiger charge is 2.27. The molecular weight excluding hydrogens is 164 g/mol. The first-order valence-electron chi connectivity index (χ1n) is 4.71. The van der Waals surface area contributed by atoms with Crippen LogP contribution < -0.4 is 10.6 Å². The van der Waals surface area contributed by atoms with Crippen LogP contribution in [0.1, 0.15) is 26.7 Å². The van der Waals surface area contributed by atoms with Crippen LogP contribution in [-0.2, 0) is 4.79 Å². The zero-order valence-electron chi connectivity index (χ0n) is 8.39. The number of carbonyl (C=O) groups is 1. The van der Waals surface area contributed by atoms with E-state index in [0.29, 0.717) is 6.04 Å². The van der Waals surface area contributed by atoms with Crippen LogP contribution in [0.25, 0.3) is 0 Å². The first-order chi connectivity index (χ1) is 6.03. The zero-order chi connectivity index (χ0) is 9.90. The van der Waals surface area contributed by atoms with Gasteiger partial charge in [0, 0.05) is 11.6 Å². The monoisotopic (exact) mass is 182 g/mol. The number of carbonyl (C=O) groups excluding carboxylic acids is 1. The molecule has 0 aliphatic carbocycles. The minimum Gasteiger partial charge on any atom is -0.350 e. The van der Waals surface area contributed by atoms with Crippen molar-refractivity contribution in [2.24, 2.45) is 0 Å². The molecule has 1 rings (SSSR count). The van der Waals surface area contributed by atoms with Gasteiger partial charge in [-0.05, 0) is 39.3 Å². The Kier molecular flexibility index (Phi) is 3.09. The number of piperidine rings is 1. The molecule has 1 atom stereocenters. The van der Waals surface area contributed by atoms with Gasteiger partial charge in [0.2, 0.25) is 5.91 Å². The van der Waals surface area contributed by atoms with Crippen LogP contribution in [0.2, 0.25) is 0 Å². The second-order valence-electron chi connectivity index (χ2n) is 4.21. The van der Waals surface area contributed by atoms with Crippen molar-refractivity contribution in [3.8, 4) is 0 Å². The summed E-state index contributed by atoms with van der Waals surface area (Å²) < 4.78 is 0. The lowest BCUT2D eigenvalue weighted by molar-refractivity contribution is -0.117. The molecule has 0 radical (unpaired) electrons. The van der Waals surface area contributed by atoms with Crippen molar-refractivity contribution in [1.29, 1.82) is 0 Å². The van der Waals surface area contributed by atoms with E-state index in [1.165, 1.54) is 6.08 Å². The number of nitrogens with one attached hydrogen (secondary N) is 2. The minimum atomic E-state index is -0.0669. The average molecular weight is 182 g/mol. The van der Waals surface area contributed by atoms with Crippen LogP contribution in [0.15, 0.2) is 12.7 Å². The smallest absolute Gasteiger partial charge is 0.243 e. The first-order valence-corrected chi connectivity index (χ1v) is 4.71. The number of hydrogen-bond acceptors (Lipinski definition) is 2. The second kappa shape index (κ2) is 3.92. The highest BCUT2D eigenvalue weighted by atomic mass is 16.1. The van der Waals surface area contributed by atoms with E-state index in [1.54, 1.807) is 0 Å². The van der Waals surface area contributed by atoms with Crippen molar-refractivity contribution >= 4 is 5.91 Å². The molecule has 3 heteroatoms. The fourth-order valence-electron chi connectivity index (χ4n) is 1.76. The normalized spacial score (nSPS) is 26.5. The van der Waals surface area contributed by atoms with Gasteiger partial charge in [-0.25, -0.2) is 0 Å². The lowest BCUT2D eigenvalue weighted by Gasteiger charge is -2.36. The van der Waals surface area contributed by atoms with Gasteiger partial charge in [-0.15, -0.1) is 0 Å². The Hall–Kier alpha value is -0.830. The SMILES string of the molecule is C=CC(=O)NC1CCNC(C)(C)C1. The summed E-state index contributed by atoms with van der Waals surface area (Å²) in [5.41, 5.74) is 0.136. The molecular formula is C10H18N2O. The quantitative estimate of drug-likeness (QED) is 0.621. The number of rotatable bonds is 2. The summed E-state index contributed by atoms with van der Waals surface area (Å²) in [6.07, 6.45) is 3.31. The summed E-state index contributed by atoms with van der Waals surface area (Å²) in [4.78, 5) is 11.0. The Labute approximate surface area is 79.6 Å². The molecule has 0 aromatic carbocycles. The van der Waals surface area contributed by atoms with Crippen LogP contribution in [0.4, 0.5) is 0 Å². The highest BCUT2D eigenvalue weighted by molar-refractivity contribution is 5.87.